The Kier molecular flexibility index (Phi) is 3.23. The number of carbonyl (C=O) groups is 1. The fourth-order valence-corrected chi connectivity index (χ4v) is 2.26. The van der Waals surface area contributed by atoms with Crippen LogP contribution < -0.4 is 0 Å². The van der Waals surface area contributed by atoms with Crippen LogP contribution in [-0.4, -0.2) is 33.6 Å². The Morgan fingerprint density at radius 2 is 2.19 bits per heavy atom. The summed E-state index contributed by atoms with van der Waals surface area (Å²) < 4.78 is 0. The van der Waals surface area contributed by atoms with E-state index in [1.807, 2.05) is 25.7 Å². The van der Waals surface area contributed by atoms with Crippen LogP contribution in [0.1, 0.15) is 41.5 Å². The van der Waals surface area contributed by atoms with Gasteiger partial charge in [-0.05, 0) is 39.5 Å². The van der Waals surface area contributed by atoms with Gasteiger partial charge in [0, 0.05) is 12.6 Å². The first-order valence-corrected chi connectivity index (χ1v) is 6.50. The number of hydrogen-bond donors (Lipinski definition) is 0. The van der Waals surface area contributed by atoms with Gasteiger partial charge in [-0.15, -0.1) is 10.2 Å². The Morgan fingerprint density at radius 3 is 2.62 bits per heavy atom. The fourth-order valence-electron chi connectivity index (χ4n) is 1.61. The molecule has 5 heteroatoms. The van der Waals surface area contributed by atoms with Crippen LogP contribution in [0, 0.1) is 12.8 Å². The first-order valence-electron chi connectivity index (χ1n) is 5.69. The van der Waals surface area contributed by atoms with Crippen molar-refractivity contribution in [2.75, 3.05) is 6.54 Å². The second-order valence-corrected chi connectivity index (χ2v) is 5.80. The van der Waals surface area contributed by atoms with Gasteiger partial charge in [0.15, 0.2) is 0 Å². The maximum atomic E-state index is 12.2. The van der Waals surface area contributed by atoms with Gasteiger partial charge in [-0.1, -0.05) is 11.3 Å². The summed E-state index contributed by atoms with van der Waals surface area (Å²) in [7, 11) is 0. The Balaban J connectivity index is 2.09. The third kappa shape index (κ3) is 2.58. The number of aromatic nitrogens is 2. The summed E-state index contributed by atoms with van der Waals surface area (Å²) in [6.07, 6.45) is 2.51. The fraction of sp³-hybridized carbons (Fsp3) is 0.727. The summed E-state index contributed by atoms with van der Waals surface area (Å²) in [6, 6.07) is 0.234. The largest absolute Gasteiger partial charge is 0.334 e. The molecule has 1 heterocycles. The third-order valence-corrected chi connectivity index (χ3v) is 3.57. The van der Waals surface area contributed by atoms with E-state index in [9.17, 15) is 4.79 Å². The molecule has 0 aromatic carbocycles. The molecule has 1 amide bonds. The zero-order valence-electron chi connectivity index (χ0n) is 9.93. The highest BCUT2D eigenvalue weighted by molar-refractivity contribution is 7.13. The molecule has 0 N–H and O–H groups in total. The van der Waals surface area contributed by atoms with E-state index in [-0.39, 0.29) is 11.9 Å². The van der Waals surface area contributed by atoms with Crippen LogP contribution in [0.25, 0.3) is 0 Å². The average molecular weight is 239 g/mol. The molecule has 0 bridgehead atoms. The molecule has 0 unspecified atom stereocenters. The summed E-state index contributed by atoms with van der Waals surface area (Å²) in [4.78, 5) is 14.1. The molecule has 16 heavy (non-hydrogen) atoms. The van der Waals surface area contributed by atoms with Crippen molar-refractivity contribution in [3.63, 3.8) is 0 Å². The number of hydrogen-bond acceptors (Lipinski definition) is 4. The maximum absolute atomic E-state index is 12.2. The predicted molar refractivity (Wildman–Crippen MR) is 63.5 cm³/mol. The van der Waals surface area contributed by atoms with E-state index in [0.717, 1.165) is 11.6 Å². The topological polar surface area (TPSA) is 46.1 Å². The van der Waals surface area contributed by atoms with Gasteiger partial charge >= 0.3 is 0 Å². The molecular formula is C11H17N3OS. The molecule has 0 spiro atoms. The van der Waals surface area contributed by atoms with Crippen molar-refractivity contribution in [2.24, 2.45) is 5.92 Å². The number of amides is 1. The molecule has 0 atom stereocenters. The summed E-state index contributed by atoms with van der Waals surface area (Å²) in [5.41, 5.74) is 0. The molecule has 4 nitrogen and oxygen atoms in total. The minimum Gasteiger partial charge on any atom is -0.334 e. The van der Waals surface area contributed by atoms with E-state index in [2.05, 4.69) is 10.2 Å². The van der Waals surface area contributed by atoms with Crippen LogP contribution in [0.5, 0.6) is 0 Å². The number of aryl methyl sites for hydroxylation is 1. The zero-order chi connectivity index (χ0) is 11.7. The molecule has 1 aromatic rings. The van der Waals surface area contributed by atoms with Crippen molar-refractivity contribution in [1.29, 1.82) is 0 Å². The van der Waals surface area contributed by atoms with Gasteiger partial charge in [0.05, 0.1) is 0 Å². The monoisotopic (exact) mass is 239 g/mol. The van der Waals surface area contributed by atoms with E-state index in [1.54, 1.807) is 0 Å². The van der Waals surface area contributed by atoms with Crippen molar-refractivity contribution in [2.45, 2.75) is 39.7 Å². The quantitative estimate of drug-likeness (QED) is 0.808. The first-order chi connectivity index (χ1) is 7.58. The van der Waals surface area contributed by atoms with E-state index < -0.39 is 0 Å². The van der Waals surface area contributed by atoms with Crippen LogP contribution in [0.15, 0.2) is 0 Å². The van der Waals surface area contributed by atoms with Gasteiger partial charge in [-0.2, -0.15) is 0 Å². The SMILES string of the molecule is Cc1nnc(C(=O)N(CC2CC2)C(C)C)s1. The maximum Gasteiger partial charge on any atom is 0.285 e. The second-order valence-electron chi connectivity index (χ2n) is 4.62. The summed E-state index contributed by atoms with van der Waals surface area (Å²) in [5, 5.41) is 9.19. The molecule has 1 saturated carbocycles. The average Bonchev–Trinajstić information content (AvgIpc) is 2.95. The lowest BCUT2D eigenvalue weighted by atomic mass is 10.2. The van der Waals surface area contributed by atoms with Crippen LogP contribution >= 0.6 is 11.3 Å². The predicted octanol–water partition coefficient (Wildman–Crippen LogP) is 2.11. The zero-order valence-corrected chi connectivity index (χ0v) is 10.8. The lowest BCUT2D eigenvalue weighted by molar-refractivity contribution is 0.0695. The lowest BCUT2D eigenvalue weighted by Crippen LogP contribution is -2.38. The van der Waals surface area contributed by atoms with E-state index in [1.165, 1.54) is 24.2 Å². The standard InChI is InChI=1S/C11H17N3OS/c1-7(2)14(6-9-4-5-9)11(15)10-13-12-8(3)16-10/h7,9H,4-6H2,1-3H3. The summed E-state index contributed by atoms with van der Waals surface area (Å²) >= 11 is 1.38. The van der Waals surface area contributed by atoms with Crippen molar-refractivity contribution in [1.82, 2.24) is 15.1 Å². The molecule has 2 rings (SSSR count). The molecule has 1 fully saturated rings. The number of nitrogens with zero attached hydrogens (tertiary/aromatic N) is 3. The first kappa shape index (κ1) is 11.5. The number of rotatable bonds is 4. The van der Waals surface area contributed by atoms with E-state index >= 15 is 0 Å². The smallest absolute Gasteiger partial charge is 0.285 e. The second kappa shape index (κ2) is 4.49. The van der Waals surface area contributed by atoms with Crippen molar-refractivity contribution in [3.05, 3.63) is 10.0 Å². The van der Waals surface area contributed by atoms with Crippen LogP contribution in [0.3, 0.4) is 0 Å². The van der Waals surface area contributed by atoms with Gasteiger partial charge < -0.3 is 4.90 Å². The molecule has 1 aliphatic rings. The minimum atomic E-state index is 0.0347. The summed E-state index contributed by atoms with van der Waals surface area (Å²) in [5.74, 6) is 0.743. The Morgan fingerprint density at radius 1 is 1.50 bits per heavy atom. The van der Waals surface area contributed by atoms with Crippen LogP contribution in [-0.2, 0) is 0 Å². The van der Waals surface area contributed by atoms with Crippen LogP contribution in [0.2, 0.25) is 0 Å². The highest BCUT2D eigenvalue weighted by Crippen LogP contribution is 2.31. The van der Waals surface area contributed by atoms with Crippen molar-refractivity contribution >= 4 is 17.2 Å². The van der Waals surface area contributed by atoms with Gasteiger partial charge in [-0.3, -0.25) is 4.79 Å². The number of carbonyl (C=O) groups excluding carboxylic acids is 1. The Hall–Kier alpha value is -0.970. The van der Waals surface area contributed by atoms with Crippen molar-refractivity contribution < 1.29 is 4.79 Å². The molecule has 1 aromatic heterocycles. The molecule has 0 radical (unpaired) electrons. The van der Waals surface area contributed by atoms with Gasteiger partial charge in [0.2, 0.25) is 5.01 Å². The van der Waals surface area contributed by atoms with Gasteiger partial charge in [0.1, 0.15) is 5.01 Å². The van der Waals surface area contributed by atoms with E-state index in [0.29, 0.717) is 10.9 Å². The third-order valence-electron chi connectivity index (χ3n) is 2.75. The lowest BCUT2D eigenvalue weighted by Gasteiger charge is -2.25. The highest BCUT2D eigenvalue weighted by Gasteiger charge is 2.29. The van der Waals surface area contributed by atoms with E-state index in [4.69, 9.17) is 0 Å². The van der Waals surface area contributed by atoms with Crippen molar-refractivity contribution in [3.8, 4) is 0 Å². The molecular weight excluding hydrogens is 222 g/mol. The Bertz CT molecular complexity index is 384. The Labute approximate surface area is 99.7 Å². The van der Waals surface area contributed by atoms with Crippen LogP contribution in [0.4, 0.5) is 0 Å². The molecule has 88 valence electrons. The minimum absolute atomic E-state index is 0.0347. The van der Waals surface area contributed by atoms with Gasteiger partial charge in [0.25, 0.3) is 5.91 Å². The normalized spacial score (nSPS) is 15.5. The summed E-state index contributed by atoms with van der Waals surface area (Å²) in [6.45, 7) is 6.84. The molecule has 0 saturated heterocycles. The molecule has 1 aliphatic carbocycles. The van der Waals surface area contributed by atoms with Gasteiger partial charge in [-0.25, -0.2) is 0 Å². The highest BCUT2D eigenvalue weighted by atomic mass is 32.1. The molecule has 0 aliphatic heterocycles.